The highest BCUT2D eigenvalue weighted by atomic mass is 16.5. The van der Waals surface area contributed by atoms with E-state index in [0.29, 0.717) is 24.6 Å². The van der Waals surface area contributed by atoms with E-state index in [-0.39, 0.29) is 5.91 Å². The molecule has 1 N–H and O–H groups in total. The number of aromatic nitrogens is 2. The largest absolute Gasteiger partial charge is 0.497 e. The van der Waals surface area contributed by atoms with E-state index in [1.54, 1.807) is 7.11 Å². The van der Waals surface area contributed by atoms with Gasteiger partial charge in [0.25, 0.3) is 0 Å². The standard InChI is InChI=1S/C26H31N3O3/c1-4-23-22(15-16-25(30)27-17-19-9-10-19)26(32-24-8-6-5-7-18(24)2)29(28-23)20-11-13-21(31-3)14-12-20/h5-8,11-14,19H,4,9-10,15-17H2,1-3H3,(H,27,30). The number of hydrogen-bond acceptors (Lipinski definition) is 4. The maximum atomic E-state index is 12.4. The Morgan fingerprint density at radius 3 is 2.56 bits per heavy atom. The molecular weight excluding hydrogens is 402 g/mol. The number of carbonyl (C=O) groups excluding carboxylic acids is 1. The molecule has 6 nitrogen and oxygen atoms in total. The Balaban J connectivity index is 1.66. The summed E-state index contributed by atoms with van der Waals surface area (Å²) in [5.41, 5.74) is 3.85. The van der Waals surface area contributed by atoms with E-state index in [4.69, 9.17) is 14.6 Å². The molecule has 0 atom stereocenters. The summed E-state index contributed by atoms with van der Waals surface area (Å²) in [7, 11) is 1.65. The summed E-state index contributed by atoms with van der Waals surface area (Å²) in [6.45, 7) is 4.89. The molecule has 1 aliphatic rings. The van der Waals surface area contributed by atoms with Gasteiger partial charge in [-0.2, -0.15) is 5.10 Å². The molecule has 168 valence electrons. The number of nitrogens with zero attached hydrogens (tertiary/aromatic N) is 2. The number of hydrogen-bond donors (Lipinski definition) is 1. The number of aryl methyl sites for hydroxylation is 2. The molecule has 0 bridgehead atoms. The van der Waals surface area contributed by atoms with Crippen LogP contribution in [0.3, 0.4) is 0 Å². The molecule has 32 heavy (non-hydrogen) atoms. The first-order valence-electron chi connectivity index (χ1n) is 11.3. The fourth-order valence-electron chi connectivity index (χ4n) is 3.70. The van der Waals surface area contributed by atoms with Crippen molar-refractivity contribution in [2.75, 3.05) is 13.7 Å². The van der Waals surface area contributed by atoms with Crippen LogP contribution in [-0.2, 0) is 17.6 Å². The maximum absolute atomic E-state index is 12.4. The van der Waals surface area contributed by atoms with E-state index < -0.39 is 0 Å². The highest BCUT2D eigenvalue weighted by Crippen LogP contribution is 2.34. The van der Waals surface area contributed by atoms with Crippen molar-refractivity contribution >= 4 is 5.91 Å². The first-order chi connectivity index (χ1) is 15.6. The fourth-order valence-corrected chi connectivity index (χ4v) is 3.70. The van der Waals surface area contributed by atoms with E-state index in [2.05, 4.69) is 12.2 Å². The smallest absolute Gasteiger partial charge is 0.226 e. The Labute approximate surface area is 189 Å². The van der Waals surface area contributed by atoms with Crippen LogP contribution in [0.25, 0.3) is 5.69 Å². The molecule has 2 aromatic carbocycles. The molecule has 1 fully saturated rings. The van der Waals surface area contributed by atoms with Gasteiger partial charge >= 0.3 is 0 Å². The summed E-state index contributed by atoms with van der Waals surface area (Å²) >= 11 is 0. The number of para-hydroxylation sites is 1. The Morgan fingerprint density at radius 1 is 1.16 bits per heavy atom. The van der Waals surface area contributed by atoms with Crippen LogP contribution in [0.2, 0.25) is 0 Å². The van der Waals surface area contributed by atoms with Gasteiger partial charge < -0.3 is 14.8 Å². The normalized spacial score (nSPS) is 13.1. The van der Waals surface area contributed by atoms with Crippen molar-refractivity contribution in [3.8, 4) is 23.1 Å². The maximum Gasteiger partial charge on any atom is 0.226 e. The average molecular weight is 434 g/mol. The topological polar surface area (TPSA) is 65.4 Å². The van der Waals surface area contributed by atoms with Crippen molar-refractivity contribution in [2.45, 2.75) is 46.0 Å². The van der Waals surface area contributed by atoms with Gasteiger partial charge in [-0.25, -0.2) is 4.68 Å². The van der Waals surface area contributed by atoms with Crippen LogP contribution in [0.15, 0.2) is 48.5 Å². The van der Waals surface area contributed by atoms with Gasteiger partial charge in [0, 0.05) is 18.5 Å². The first-order valence-corrected chi connectivity index (χ1v) is 11.3. The van der Waals surface area contributed by atoms with Crippen molar-refractivity contribution in [3.05, 3.63) is 65.4 Å². The molecule has 1 amide bonds. The predicted molar refractivity (Wildman–Crippen MR) is 125 cm³/mol. The summed E-state index contributed by atoms with van der Waals surface area (Å²) in [5.74, 6) is 2.98. The molecule has 3 aromatic rings. The second-order valence-corrected chi connectivity index (χ2v) is 8.31. The lowest BCUT2D eigenvalue weighted by molar-refractivity contribution is -0.121. The summed E-state index contributed by atoms with van der Waals surface area (Å²) in [5, 5.41) is 7.92. The lowest BCUT2D eigenvalue weighted by atomic mass is 10.1. The van der Waals surface area contributed by atoms with Gasteiger partial charge in [0.15, 0.2) is 0 Å². The molecule has 0 spiro atoms. The van der Waals surface area contributed by atoms with E-state index in [1.807, 2.05) is 60.1 Å². The molecule has 4 rings (SSSR count). The highest BCUT2D eigenvalue weighted by Gasteiger charge is 2.23. The van der Waals surface area contributed by atoms with Crippen molar-refractivity contribution < 1.29 is 14.3 Å². The zero-order valence-electron chi connectivity index (χ0n) is 19.1. The van der Waals surface area contributed by atoms with Crippen LogP contribution in [0.4, 0.5) is 0 Å². The predicted octanol–water partition coefficient (Wildman–Crippen LogP) is 5.00. The summed E-state index contributed by atoms with van der Waals surface area (Å²) < 4.78 is 13.6. The SMILES string of the molecule is CCc1nn(-c2ccc(OC)cc2)c(Oc2ccccc2C)c1CCC(=O)NCC1CC1. The zero-order valence-corrected chi connectivity index (χ0v) is 19.1. The number of ether oxygens (including phenoxy) is 2. The summed E-state index contributed by atoms with van der Waals surface area (Å²) in [4.78, 5) is 12.4. The number of benzene rings is 2. The van der Waals surface area contributed by atoms with Crippen LogP contribution < -0.4 is 14.8 Å². The van der Waals surface area contributed by atoms with Gasteiger partial charge in [0.2, 0.25) is 11.8 Å². The minimum atomic E-state index is 0.0815. The van der Waals surface area contributed by atoms with Gasteiger partial charge in [-0.1, -0.05) is 25.1 Å². The van der Waals surface area contributed by atoms with E-state index >= 15 is 0 Å². The van der Waals surface area contributed by atoms with Crippen LogP contribution >= 0.6 is 0 Å². The molecule has 0 radical (unpaired) electrons. The minimum Gasteiger partial charge on any atom is -0.497 e. The third kappa shape index (κ3) is 5.13. The van der Waals surface area contributed by atoms with Gasteiger partial charge in [-0.3, -0.25) is 4.79 Å². The Hall–Kier alpha value is -3.28. The van der Waals surface area contributed by atoms with Gasteiger partial charge in [-0.15, -0.1) is 0 Å². The molecule has 1 aliphatic carbocycles. The number of rotatable bonds is 10. The number of methoxy groups -OCH3 is 1. The van der Waals surface area contributed by atoms with Crippen molar-refractivity contribution in [3.63, 3.8) is 0 Å². The van der Waals surface area contributed by atoms with Crippen LogP contribution in [0.1, 0.15) is 43.0 Å². The van der Waals surface area contributed by atoms with Crippen molar-refractivity contribution in [1.82, 2.24) is 15.1 Å². The molecule has 1 aromatic heterocycles. The molecule has 1 heterocycles. The molecule has 0 unspecified atom stereocenters. The van der Waals surface area contributed by atoms with Crippen LogP contribution in [-0.4, -0.2) is 29.3 Å². The van der Waals surface area contributed by atoms with Gasteiger partial charge in [0.1, 0.15) is 11.5 Å². The lowest BCUT2D eigenvalue weighted by Crippen LogP contribution is -2.25. The molecular formula is C26H31N3O3. The first kappa shape index (κ1) is 21.9. The third-order valence-electron chi connectivity index (χ3n) is 5.86. The summed E-state index contributed by atoms with van der Waals surface area (Å²) in [6.07, 6.45) is 4.20. The Bertz CT molecular complexity index is 1070. The molecule has 0 saturated heterocycles. The Kier molecular flexibility index (Phi) is 6.78. The van der Waals surface area contributed by atoms with Crippen LogP contribution in [0.5, 0.6) is 17.4 Å². The van der Waals surface area contributed by atoms with Gasteiger partial charge in [-0.05, 0) is 74.4 Å². The Morgan fingerprint density at radius 2 is 1.91 bits per heavy atom. The van der Waals surface area contributed by atoms with E-state index in [9.17, 15) is 4.79 Å². The van der Waals surface area contributed by atoms with Gasteiger partial charge in [0.05, 0.1) is 18.5 Å². The minimum absolute atomic E-state index is 0.0815. The van der Waals surface area contributed by atoms with Crippen LogP contribution in [0, 0.1) is 12.8 Å². The second kappa shape index (κ2) is 9.90. The van der Waals surface area contributed by atoms with Crippen molar-refractivity contribution in [1.29, 1.82) is 0 Å². The van der Waals surface area contributed by atoms with E-state index in [1.165, 1.54) is 12.8 Å². The lowest BCUT2D eigenvalue weighted by Gasteiger charge is -2.13. The second-order valence-electron chi connectivity index (χ2n) is 8.31. The average Bonchev–Trinajstić information content (AvgIpc) is 3.59. The number of nitrogens with one attached hydrogen (secondary N) is 1. The zero-order chi connectivity index (χ0) is 22.5. The van der Waals surface area contributed by atoms with Crippen molar-refractivity contribution in [2.24, 2.45) is 5.92 Å². The molecule has 6 heteroatoms. The molecule has 0 aliphatic heterocycles. The number of carbonyl (C=O) groups is 1. The molecule has 1 saturated carbocycles. The third-order valence-corrected chi connectivity index (χ3v) is 5.86. The number of amides is 1. The van der Waals surface area contributed by atoms with E-state index in [0.717, 1.165) is 47.0 Å². The summed E-state index contributed by atoms with van der Waals surface area (Å²) in [6, 6.07) is 15.7. The monoisotopic (exact) mass is 433 g/mol. The fraction of sp³-hybridized carbons (Fsp3) is 0.385. The highest BCUT2D eigenvalue weighted by molar-refractivity contribution is 5.76. The quantitative estimate of drug-likeness (QED) is 0.488.